The van der Waals surface area contributed by atoms with Crippen LogP contribution in [0.3, 0.4) is 0 Å². The molecule has 2 aliphatic heterocycles. The molecule has 3 heterocycles. The van der Waals surface area contributed by atoms with E-state index in [1.54, 1.807) is 12.4 Å². The summed E-state index contributed by atoms with van der Waals surface area (Å²) >= 11 is 0. The Balaban J connectivity index is 2.17. The first-order chi connectivity index (χ1) is 7.43. The molecule has 3 rings (SSSR count). The lowest BCUT2D eigenvalue weighted by Gasteiger charge is -2.16. The summed E-state index contributed by atoms with van der Waals surface area (Å²) in [6.45, 7) is 0. The highest BCUT2D eigenvalue weighted by molar-refractivity contribution is 6.10. The molecule has 72 valence electrons. The molecule has 0 aromatic carbocycles. The first-order valence-corrected chi connectivity index (χ1v) is 4.65. The Morgan fingerprint density at radius 2 is 2.20 bits per heavy atom. The van der Waals surface area contributed by atoms with E-state index in [1.165, 1.54) is 0 Å². The van der Waals surface area contributed by atoms with Crippen molar-refractivity contribution < 1.29 is 0 Å². The van der Waals surface area contributed by atoms with Crippen molar-refractivity contribution in [3.8, 4) is 0 Å². The standard InChI is InChI=1S/C11H8N4/c1-2-6-12-10-8(4-1)14-9-5-3-7-13-11(9)15-10/h1-7,14H. The van der Waals surface area contributed by atoms with Crippen LogP contribution >= 0.6 is 0 Å². The molecular formula is C11H8N4. The maximum absolute atomic E-state index is 4.36. The lowest BCUT2D eigenvalue weighted by Crippen LogP contribution is -2.13. The minimum atomic E-state index is 0.672. The number of pyridine rings is 1. The molecule has 1 aromatic rings. The van der Waals surface area contributed by atoms with E-state index < -0.39 is 0 Å². The SMILES string of the molecule is C1=CC=C2Nc3cccnc3N=C2N=C1. The largest absolute Gasteiger partial charge is 0.349 e. The Labute approximate surface area is 86.8 Å². The molecule has 0 atom stereocenters. The van der Waals surface area contributed by atoms with Crippen molar-refractivity contribution in [3.05, 3.63) is 42.3 Å². The monoisotopic (exact) mass is 196 g/mol. The molecular weight excluding hydrogens is 188 g/mol. The van der Waals surface area contributed by atoms with Crippen molar-refractivity contribution in [2.24, 2.45) is 9.98 Å². The molecule has 4 nitrogen and oxygen atoms in total. The fraction of sp³-hybridized carbons (Fsp3) is 0. The highest BCUT2D eigenvalue weighted by Crippen LogP contribution is 2.28. The third-order valence-corrected chi connectivity index (χ3v) is 2.17. The summed E-state index contributed by atoms with van der Waals surface area (Å²) in [5, 5.41) is 3.24. The summed E-state index contributed by atoms with van der Waals surface area (Å²) in [7, 11) is 0. The summed E-state index contributed by atoms with van der Waals surface area (Å²) in [4.78, 5) is 12.7. The molecule has 0 fully saturated rings. The summed E-state index contributed by atoms with van der Waals surface area (Å²) in [5.74, 6) is 1.36. The molecule has 0 radical (unpaired) electrons. The average Bonchev–Trinajstić information content (AvgIpc) is 2.50. The summed E-state index contributed by atoms with van der Waals surface area (Å²) in [6.07, 6.45) is 9.18. The molecule has 0 unspecified atom stereocenters. The van der Waals surface area contributed by atoms with Crippen LogP contribution in [0.25, 0.3) is 0 Å². The van der Waals surface area contributed by atoms with Crippen LogP contribution in [0.2, 0.25) is 0 Å². The predicted molar refractivity (Wildman–Crippen MR) is 60.7 cm³/mol. The molecule has 15 heavy (non-hydrogen) atoms. The van der Waals surface area contributed by atoms with Gasteiger partial charge in [-0.3, -0.25) is 0 Å². The summed E-state index contributed by atoms with van der Waals surface area (Å²) in [6, 6.07) is 3.82. The van der Waals surface area contributed by atoms with E-state index in [4.69, 9.17) is 0 Å². The quantitative estimate of drug-likeness (QED) is 0.690. The fourth-order valence-corrected chi connectivity index (χ4v) is 1.47. The van der Waals surface area contributed by atoms with Gasteiger partial charge in [-0.25, -0.2) is 15.0 Å². The Morgan fingerprint density at radius 3 is 3.20 bits per heavy atom. The molecule has 1 N–H and O–H groups in total. The predicted octanol–water partition coefficient (Wildman–Crippen LogP) is 2.06. The van der Waals surface area contributed by atoms with Gasteiger partial charge in [-0.2, -0.15) is 0 Å². The topological polar surface area (TPSA) is 49.6 Å². The molecule has 2 aliphatic rings. The van der Waals surface area contributed by atoms with Crippen molar-refractivity contribution in [1.82, 2.24) is 4.98 Å². The summed E-state index contributed by atoms with van der Waals surface area (Å²) in [5.41, 5.74) is 1.82. The number of hydrogen-bond acceptors (Lipinski definition) is 4. The Kier molecular flexibility index (Phi) is 1.71. The number of anilines is 1. The smallest absolute Gasteiger partial charge is 0.178 e. The van der Waals surface area contributed by atoms with E-state index in [9.17, 15) is 0 Å². The lowest BCUT2D eigenvalue weighted by molar-refractivity contribution is 1.23. The Morgan fingerprint density at radius 1 is 1.20 bits per heavy atom. The maximum Gasteiger partial charge on any atom is 0.178 e. The highest BCUT2D eigenvalue weighted by atomic mass is 15.1. The average molecular weight is 196 g/mol. The van der Waals surface area contributed by atoms with Crippen molar-refractivity contribution in [3.63, 3.8) is 0 Å². The van der Waals surface area contributed by atoms with Gasteiger partial charge in [0.15, 0.2) is 11.7 Å². The van der Waals surface area contributed by atoms with E-state index >= 15 is 0 Å². The zero-order valence-electron chi connectivity index (χ0n) is 7.88. The number of fused-ring (bicyclic) bond motifs is 2. The van der Waals surface area contributed by atoms with Crippen LogP contribution in [0.4, 0.5) is 11.5 Å². The number of allylic oxidation sites excluding steroid dienone is 3. The van der Waals surface area contributed by atoms with Crippen molar-refractivity contribution in [2.75, 3.05) is 5.32 Å². The van der Waals surface area contributed by atoms with E-state index in [-0.39, 0.29) is 0 Å². The molecule has 0 bridgehead atoms. The highest BCUT2D eigenvalue weighted by Gasteiger charge is 2.15. The molecule has 0 saturated heterocycles. The lowest BCUT2D eigenvalue weighted by atomic mass is 10.2. The van der Waals surface area contributed by atoms with E-state index in [1.807, 2.05) is 30.4 Å². The van der Waals surface area contributed by atoms with Gasteiger partial charge in [0.05, 0.1) is 11.4 Å². The molecule has 0 saturated carbocycles. The van der Waals surface area contributed by atoms with Crippen LogP contribution in [0.5, 0.6) is 0 Å². The number of rotatable bonds is 0. The van der Waals surface area contributed by atoms with Gasteiger partial charge < -0.3 is 5.32 Å². The van der Waals surface area contributed by atoms with Gasteiger partial charge in [0, 0.05) is 12.4 Å². The van der Waals surface area contributed by atoms with Gasteiger partial charge in [0.25, 0.3) is 0 Å². The van der Waals surface area contributed by atoms with Gasteiger partial charge in [-0.05, 0) is 24.3 Å². The summed E-state index contributed by atoms with van der Waals surface area (Å²) < 4.78 is 0. The van der Waals surface area contributed by atoms with Crippen molar-refractivity contribution in [2.45, 2.75) is 0 Å². The number of nitrogens with zero attached hydrogens (tertiary/aromatic N) is 3. The molecule has 4 heteroatoms. The Bertz CT molecular complexity index is 523. The second-order valence-electron chi connectivity index (χ2n) is 3.18. The minimum absolute atomic E-state index is 0.672. The zero-order chi connectivity index (χ0) is 10.1. The van der Waals surface area contributed by atoms with Crippen LogP contribution < -0.4 is 5.32 Å². The fourth-order valence-electron chi connectivity index (χ4n) is 1.47. The van der Waals surface area contributed by atoms with Gasteiger partial charge in [0.2, 0.25) is 0 Å². The number of nitrogens with one attached hydrogen (secondary N) is 1. The third kappa shape index (κ3) is 1.36. The number of hydrogen-bond donors (Lipinski definition) is 1. The van der Waals surface area contributed by atoms with Crippen molar-refractivity contribution >= 4 is 23.6 Å². The zero-order valence-corrected chi connectivity index (χ0v) is 7.88. The number of amidine groups is 1. The van der Waals surface area contributed by atoms with Gasteiger partial charge in [-0.15, -0.1) is 0 Å². The first-order valence-electron chi connectivity index (χ1n) is 4.65. The normalized spacial score (nSPS) is 16.8. The molecule has 0 spiro atoms. The van der Waals surface area contributed by atoms with E-state index in [2.05, 4.69) is 20.3 Å². The Hall–Kier alpha value is -2.23. The third-order valence-electron chi connectivity index (χ3n) is 2.17. The number of aromatic nitrogens is 1. The molecule has 1 aromatic heterocycles. The minimum Gasteiger partial charge on any atom is -0.349 e. The second-order valence-corrected chi connectivity index (χ2v) is 3.18. The van der Waals surface area contributed by atoms with E-state index in [0.717, 1.165) is 11.4 Å². The number of aliphatic imine (C=N–C) groups is 2. The van der Waals surface area contributed by atoms with Crippen LogP contribution in [0.15, 0.2) is 52.2 Å². The van der Waals surface area contributed by atoms with Crippen LogP contribution in [-0.2, 0) is 0 Å². The first kappa shape index (κ1) is 8.11. The van der Waals surface area contributed by atoms with Gasteiger partial charge in [-0.1, -0.05) is 6.08 Å². The van der Waals surface area contributed by atoms with Gasteiger partial charge >= 0.3 is 0 Å². The maximum atomic E-state index is 4.36. The van der Waals surface area contributed by atoms with Gasteiger partial charge in [0.1, 0.15) is 0 Å². The van der Waals surface area contributed by atoms with Crippen LogP contribution in [0.1, 0.15) is 0 Å². The van der Waals surface area contributed by atoms with Crippen LogP contribution in [0, 0.1) is 0 Å². The van der Waals surface area contributed by atoms with E-state index in [0.29, 0.717) is 11.7 Å². The molecule has 0 aliphatic carbocycles. The molecule has 0 amide bonds. The van der Waals surface area contributed by atoms with Crippen LogP contribution in [-0.4, -0.2) is 17.0 Å². The second kappa shape index (κ2) is 3.16. The van der Waals surface area contributed by atoms with Crippen molar-refractivity contribution in [1.29, 1.82) is 0 Å².